The van der Waals surface area contributed by atoms with E-state index in [1.54, 1.807) is 5.38 Å². The zero-order chi connectivity index (χ0) is 17.4. The van der Waals surface area contributed by atoms with Gasteiger partial charge >= 0.3 is 0 Å². The zero-order valence-corrected chi connectivity index (χ0v) is 14.7. The maximum Gasteiger partial charge on any atom is 0.271 e. The molecule has 1 unspecified atom stereocenters. The minimum Gasteiger partial charge on any atom is -0.340 e. The number of benzene rings is 2. The molecule has 5 heteroatoms. The lowest BCUT2D eigenvalue weighted by molar-refractivity contribution is 0.0939. The topological polar surface area (TPSA) is 68.0 Å². The number of carbonyl (C=O) groups excluding carboxylic acids is 1. The molecule has 0 radical (unpaired) electrons. The molecule has 1 heterocycles. The molecule has 0 fully saturated rings. The van der Waals surface area contributed by atoms with Gasteiger partial charge in [-0.15, -0.1) is 11.3 Å². The Labute approximate surface area is 150 Å². The summed E-state index contributed by atoms with van der Waals surface area (Å²) >= 11 is 1.44. The van der Waals surface area contributed by atoms with Gasteiger partial charge in [0.15, 0.2) is 0 Å². The van der Waals surface area contributed by atoms with Crippen molar-refractivity contribution in [1.29, 1.82) is 0 Å². The molecule has 0 aliphatic heterocycles. The van der Waals surface area contributed by atoms with Crippen LogP contribution in [0.5, 0.6) is 0 Å². The van der Waals surface area contributed by atoms with Gasteiger partial charge in [-0.2, -0.15) is 0 Å². The van der Waals surface area contributed by atoms with Crippen molar-refractivity contribution in [3.63, 3.8) is 0 Å². The van der Waals surface area contributed by atoms with Gasteiger partial charge in [-0.05, 0) is 28.7 Å². The lowest BCUT2D eigenvalue weighted by Gasteiger charge is -2.15. The number of rotatable bonds is 4. The van der Waals surface area contributed by atoms with Gasteiger partial charge in [0.25, 0.3) is 5.91 Å². The summed E-state index contributed by atoms with van der Waals surface area (Å²) in [6.45, 7) is 2.01. The fraction of sp³-hybridized carbons (Fsp3) is 0.200. The van der Waals surface area contributed by atoms with Crippen LogP contribution in [-0.2, 0) is 0 Å². The van der Waals surface area contributed by atoms with Crippen molar-refractivity contribution in [3.05, 3.63) is 75.7 Å². The number of hydrogen-bond donors (Lipinski definition) is 2. The van der Waals surface area contributed by atoms with Crippen molar-refractivity contribution in [3.8, 4) is 11.1 Å². The molecule has 1 atom stereocenters. The van der Waals surface area contributed by atoms with E-state index in [1.807, 2.05) is 31.2 Å². The average molecular weight is 349 g/mol. The number of nitrogens with two attached hydrogens (primary N) is 1. The number of hydrogen-bond acceptors (Lipinski definition) is 4. The van der Waals surface area contributed by atoms with Crippen LogP contribution in [-0.4, -0.2) is 10.9 Å². The van der Waals surface area contributed by atoms with Gasteiger partial charge in [0.1, 0.15) is 10.7 Å². The molecule has 4 rings (SSSR count). The van der Waals surface area contributed by atoms with Gasteiger partial charge < -0.3 is 11.1 Å². The number of fused-ring (bicyclic) bond motifs is 3. The summed E-state index contributed by atoms with van der Waals surface area (Å²) in [5.41, 5.74) is 11.0. The first kappa shape index (κ1) is 16.0. The quantitative estimate of drug-likeness (QED) is 0.746. The number of thiazole rings is 1. The van der Waals surface area contributed by atoms with Crippen LogP contribution in [0.25, 0.3) is 11.1 Å². The number of nitrogens with one attached hydrogen (secondary N) is 1. The molecule has 1 aliphatic rings. The lowest BCUT2D eigenvalue weighted by atomic mass is 10.1. The molecule has 126 valence electrons. The number of aromatic nitrogens is 1. The Bertz CT molecular complexity index is 888. The van der Waals surface area contributed by atoms with Crippen molar-refractivity contribution in [2.24, 2.45) is 5.73 Å². The molecule has 1 aromatic heterocycles. The number of carbonyl (C=O) groups is 1. The first-order valence-corrected chi connectivity index (χ1v) is 9.27. The van der Waals surface area contributed by atoms with E-state index >= 15 is 0 Å². The lowest BCUT2D eigenvalue weighted by Crippen LogP contribution is -2.28. The molecule has 1 amide bonds. The third-order valence-corrected chi connectivity index (χ3v) is 5.60. The van der Waals surface area contributed by atoms with Crippen molar-refractivity contribution in [2.45, 2.75) is 25.4 Å². The van der Waals surface area contributed by atoms with Crippen LogP contribution < -0.4 is 11.1 Å². The fourth-order valence-electron chi connectivity index (χ4n) is 3.25. The summed E-state index contributed by atoms with van der Waals surface area (Å²) in [6.07, 6.45) is 0.804. The Morgan fingerprint density at radius 2 is 1.76 bits per heavy atom. The third-order valence-electron chi connectivity index (χ3n) is 4.62. The van der Waals surface area contributed by atoms with Gasteiger partial charge in [-0.3, -0.25) is 4.79 Å². The Kier molecular flexibility index (Phi) is 4.11. The summed E-state index contributed by atoms with van der Waals surface area (Å²) in [6, 6.07) is 16.1. The van der Waals surface area contributed by atoms with E-state index in [0.29, 0.717) is 5.69 Å². The Balaban J connectivity index is 1.64. The maximum absolute atomic E-state index is 12.7. The minimum atomic E-state index is -0.165. The van der Waals surface area contributed by atoms with Gasteiger partial charge in [0, 0.05) is 5.38 Å². The molecular weight excluding hydrogens is 330 g/mol. The van der Waals surface area contributed by atoms with E-state index < -0.39 is 0 Å². The summed E-state index contributed by atoms with van der Waals surface area (Å²) in [4.78, 5) is 17.2. The molecule has 0 saturated heterocycles. The second-order valence-electron chi connectivity index (χ2n) is 6.17. The number of nitrogens with zero attached hydrogens (tertiary/aromatic N) is 1. The summed E-state index contributed by atoms with van der Waals surface area (Å²) in [5, 5.41) is 5.73. The smallest absolute Gasteiger partial charge is 0.271 e. The Morgan fingerprint density at radius 3 is 2.36 bits per heavy atom. The van der Waals surface area contributed by atoms with Crippen LogP contribution >= 0.6 is 11.3 Å². The average Bonchev–Trinajstić information content (AvgIpc) is 3.26. The summed E-state index contributed by atoms with van der Waals surface area (Å²) in [5.74, 6) is -0.165. The van der Waals surface area contributed by atoms with Crippen LogP contribution in [0, 0.1) is 0 Å². The van der Waals surface area contributed by atoms with Crippen molar-refractivity contribution < 1.29 is 4.79 Å². The fourth-order valence-corrected chi connectivity index (χ4v) is 4.14. The monoisotopic (exact) mass is 349 g/mol. The van der Waals surface area contributed by atoms with Crippen LogP contribution in [0.15, 0.2) is 53.9 Å². The summed E-state index contributed by atoms with van der Waals surface area (Å²) < 4.78 is 0. The van der Waals surface area contributed by atoms with E-state index in [9.17, 15) is 4.79 Å². The van der Waals surface area contributed by atoms with Crippen molar-refractivity contribution in [1.82, 2.24) is 10.3 Å². The molecule has 1 aliphatic carbocycles. The van der Waals surface area contributed by atoms with E-state index in [2.05, 4.69) is 34.6 Å². The first-order valence-electron chi connectivity index (χ1n) is 8.39. The highest BCUT2D eigenvalue weighted by molar-refractivity contribution is 7.09. The van der Waals surface area contributed by atoms with E-state index in [-0.39, 0.29) is 18.0 Å². The third kappa shape index (κ3) is 2.75. The summed E-state index contributed by atoms with van der Waals surface area (Å²) in [7, 11) is 0. The molecule has 3 aromatic rings. The highest BCUT2D eigenvalue weighted by Crippen LogP contribution is 2.43. The highest BCUT2D eigenvalue weighted by atomic mass is 32.1. The second-order valence-corrected chi connectivity index (χ2v) is 7.06. The SMILES string of the molecule is CCC(N)c1nc(C(=O)NC2c3ccccc3-c3ccccc32)cs1. The molecule has 0 spiro atoms. The molecule has 25 heavy (non-hydrogen) atoms. The normalized spacial score (nSPS) is 14.0. The molecule has 2 aromatic carbocycles. The first-order chi connectivity index (χ1) is 12.2. The maximum atomic E-state index is 12.7. The van der Waals surface area contributed by atoms with E-state index in [0.717, 1.165) is 22.6 Å². The predicted molar refractivity (Wildman–Crippen MR) is 101 cm³/mol. The molecule has 4 nitrogen and oxygen atoms in total. The van der Waals surface area contributed by atoms with E-state index in [1.165, 1.54) is 22.5 Å². The van der Waals surface area contributed by atoms with Crippen LogP contribution in [0.1, 0.15) is 52.1 Å². The molecular formula is C20H19N3OS. The number of amides is 1. The molecule has 3 N–H and O–H groups in total. The van der Waals surface area contributed by atoms with Gasteiger partial charge in [0.05, 0.1) is 12.1 Å². The van der Waals surface area contributed by atoms with Crippen LogP contribution in [0.2, 0.25) is 0 Å². The van der Waals surface area contributed by atoms with Gasteiger partial charge in [-0.1, -0.05) is 55.5 Å². The van der Waals surface area contributed by atoms with E-state index in [4.69, 9.17) is 5.73 Å². The second kappa shape index (κ2) is 6.43. The highest BCUT2D eigenvalue weighted by Gasteiger charge is 2.30. The van der Waals surface area contributed by atoms with Gasteiger partial charge in [-0.25, -0.2) is 4.98 Å². The molecule has 0 saturated carbocycles. The minimum absolute atomic E-state index is 0.112. The Morgan fingerprint density at radius 1 is 1.16 bits per heavy atom. The standard InChI is InChI=1S/C20H19N3OS/c1-2-16(21)20-22-17(11-25-20)19(24)23-18-14-9-5-3-7-12(14)13-8-4-6-10-15(13)18/h3-11,16,18H,2,21H2,1H3,(H,23,24). The van der Waals surface area contributed by atoms with Crippen LogP contribution in [0.4, 0.5) is 0 Å². The largest absolute Gasteiger partial charge is 0.340 e. The van der Waals surface area contributed by atoms with Crippen molar-refractivity contribution in [2.75, 3.05) is 0 Å². The van der Waals surface area contributed by atoms with Crippen molar-refractivity contribution >= 4 is 17.2 Å². The molecule has 0 bridgehead atoms. The van der Waals surface area contributed by atoms with Crippen LogP contribution in [0.3, 0.4) is 0 Å². The van der Waals surface area contributed by atoms with Gasteiger partial charge in [0.2, 0.25) is 0 Å². The zero-order valence-electron chi connectivity index (χ0n) is 13.9. The Hall–Kier alpha value is -2.50. The predicted octanol–water partition coefficient (Wildman–Crippen LogP) is 4.05.